The van der Waals surface area contributed by atoms with Crippen molar-refractivity contribution in [3.8, 4) is 0 Å². The summed E-state index contributed by atoms with van der Waals surface area (Å²) < 4.78 is 2.28. The third-order valence-electron chi connectivity index (χ3n) is 4.09. The Morgan fingerprint density at radius 2 is 1.71 bits per heavy atom. The van der Waals surface area contributed by atoms with Crippen molar-refractivity contribution in [2.24, 2.45) is 0 Å². The van der Waals surface area contributed by atoms with E-state index in [1.807, 2.05) is 18.2 Å². The number of nitrogens with zero attached hydrogens (tertiary/aromatic N) is 1. The van der Waals surface area contributed by atoms with Crippen LogP contribution in [0.25, 0.3) is 10.9 Å². The molecule has 3 aromatic rings. The van der Waals surface area contributed by atoms with Crippen molar-refractivity contribution in [3.05, 3.63) is 70.9 Å². The number of fused-ring (bicyclic) bond motifs is 1. The number of aryl methyl sites for hydroxylation is 1. The molecule has 0 radical (unpaired) electrons. The highest BCUT2D eigenvalue weighted by molar-refractivity contribution is 5.87. The summed E-state index contributed by atoms with van der Waals surface area (Å²) in [6.07, 6.45) is 0. The topological polar surface area (TPSA) is 42.2 Å². The number of carboxylic acid groups (broad SMARTS) is 1. The van der Waals surface area contributed by atoms with E-state index >= 15 is 0 Å². The Morgan fingerprint density at radius 3 is 2.38 bits per heavy atom. The lowest BCUT2D eigenvalue weighted by Crippen LogP contribution is -2.03. The number of carboxylic acids is 1. The van der Waals surface area contributed by atoms with Gasteiger partial charge in [-0.2, -0.15) is 0 Å². The normalized spacial score (nSPS) is 11.0. The molecule has 1 N–H and O–H groups in total. The number of aromatic nitrogens is 1. The second-order valence-electron chi connectivity index (χ2n) is 5.32. The van der Waals surface area contributed by atoms with Crippen LogP contribution in [0, 0.1) is 13.8 Å². The number of aromatic carboxylic acids is 1. The van der Waals surface area contributed by atoms with Gasteiger partial charge < -0.3 is 9.67 Å². The van der Waals surface area contributed by atoms with Gasteiger partial charge in [0.2, 0.25) is 0 Å². The third-order valence-corrected chi connectivity index (χ3v) is 4.09. The summed E-state index contributed by atoms with van der Waals surface area (Å²) in [5, 5.41) is 10.2. The fourth-order valence-corrected chi connectivity index (χ4v) is 2.74. The van der Waals surface area contributed by atoms with E-state index < -0.39 is 5.97 Å². The van der Waals surface area contributed by atoms with E-state index in [2.05, 4.69) is 36.6 Å². The van der Waals surface area contributed by atoms with E-state index in [4.69, 9.17) is 5.11 Å². The van der Waals surface area contributed by atoms with Gasteiger partial charge in [-0.15, -0.1) is 0 Å². The molecule has 0 saturated carbocycles. The fourth-order valence-electron chi connectivity index (χ4n) is 2.74. The molecular formula is C18H17NO2. The molecule has 0 aliphatic heterocycles. The van der Waals surface area contributed by atoms with Gasteiger partial charge in [0, 0.05) is 23.1 Å². The second kappa shape index (κ2) is 5.09. The molecule has 3 rings (SSSR count). The van der Waals surface area contributed by atoms with Gasteiger partial charge in [-0.05, 0) is 43.2 Å². The molecule has 0 fully saturated rings. The van der Waals surface area contributed by atoms with Crippen LogP contribution >= 0.6 is 0 Å². The highest BCUT2D eigenvalue weighted by Gasteiger charge is 2.10. The molecule has 0 spiro atoms. The number of hydrogen-bond acceptors (Lipinski definition) is 1. The Hall–Kier alpha value is -2.55. The lowest BCUT2D eigenvalue weighted by atomic mass is 10.1. The number of rotatable bonds is 3. The zero-order valence-corrected chi connectivity index (χ0v) is 12.1. The van der Waals surface area contributed by atoms with Crippen LogP contribution in [0.2, 0.25) is 0 Å². The zero-order valence-electron chi connectivity index (χ0n) is 12.1. The predicted molar refractivity (Wildman–Crippen MR) is 83.9 cm³/mol. The Kier molecular flexibility index (Phi) is 3.26. The summed E-state index contributed by atoms with van der Waals surface area (Å²) in [6.45, 7) is 5.02. The van der Waals surface area contributed by atoms with Crippen LogP contribution in [0.15, 0.2) is 48.5 Å². The van der Waals surface area contributed by atoms with Crippen molar-refractivity contribution in [2.45, 2.75) is 20.4 Å². The molecule has 3 nitrogen and oxygen atoms in total. The van der Waals surface area contributed by atoms with Crippen molar-refractivity contribution in [1.82, 2.24) is 4.57 Å². The summed E-state index contributed by atoms with van der Waals surface area (Å²) in [5.74, 6) is -0.889. The lowest BCUT2D eigenvalue weighted by Gasteiger charge is -2.09. The molecule has 1 heterocycles. The first kappa shape index (κ1) is 13.4. The summed E-state index contributed by atoms with van der Waals surface area (Å²) in [7, 11) is 0. The molecule has 2 aromatic carbocycles. The first-order chi connectivity index (χ1) is 10.1. The van der Waals surface area contributed by atoms with Crippen molar-refractivity contribution in [1.29, 1.82) is 0 Å². The smallest absolute Gasteiger partial charge is 0.335 e. The highest BCUT2D eigenvalue weighted by Crippen LogP contribution is 2.25. The standard InChI is InChI=1S/C18H17NO2/c1-12-13(2)19(17-6-4-3-5-16(12)17)11-14-7-9-15(10-8-14)18(20)21/h3-10H,11H2,1-2H3,(H,20,21). The molecule has 0 aliphatic carbocycles. The maximum atomic E-state index is 10.9. The van der Waals surface area contributed by atoms with Gasteiger partial charge in [-0.1, -0.05) is 30.3 Å². The van der Waals surface area contributed by atoms with Crippen molar-refractivity contribution < 1.29 is 9.90 Å². The molecular weight excluding hydrogens is 262 g/mol. The van der Waals surface area contributed by atoms with Crippen molar-refractivity contribution in [2.75, 3.05) is 0 Å². The molecule has 106 valence electrons. The quantitative estimate of drug-likeness (QED) is 0.787. The van der Waals surface area contributed by atoms with E-state index in [9.17, 15) is 4.79 Å². The number of hydrogen-bond donors (Lipinski definition) is 1. The van der Waals surface area contributed by atoms with E-state index in [0.717, 1.165) is 12.1 Å². The highest BCUT2D eigenvalue weighted by atomic mass is 16.4. The van der Waals surface area contributed by atoms with Gasteiger partial charge in [0.1, 0.15) is 0 Å². The SMILES string of the molecule is Cc1c(C)n(Cc2ccc(C(=O)O)cc2)c2ccccc12. The Balaban J connectivity index is 2.02. The average molecular weight is 279 g/mol. The Bertz CT molecular complexity index is 813. The minimum Gasteiger partial charge on any atom is -0.478 e. The van der Waals surface area contributed by atoms with Crippen molar-refractivity contribution >= 4 is 16.9 Å². The first-order valence-electron chi connectivity index (χ1n) is 6.94. The molecule has 21 heavy (non-hydrogen) atoms. The van der Waals surface area contributed by atoms with Crippen LogP contribution < -0.4 is 0 Å². The molecule has 3 heteroatoms. The monoisotopic (exact) mass is 279 g/mol. The lowest BCUT2D eigenvalue weighted by molar-refractivity contribution is 0.0697. The molecule has 0 amide bonds. The largest absolute Gasteiger partial charge is 0.478 e. The molecule has 1 aromatic heterocycles. The molecule has 0 saturated heterocycles. The van der Waals surface area contributed by atoms with Gasteiger partial charge in [-0.25, -0.2) is 4.79 Å². The van der Waals surface area contributed by atoms with E-state index in [1.165, 1.54) is 22.2 Å². The summed E-state index contributed by atoms with van der Waals surface area (Å²) in [4.78, 5) is 10.9. The summed E-state index contributed by atoms with van der Waals surface area (Å²) in [5.41, 5.74) is 5.19. The summed E-state index contributed by atoms with van der Waals surface area (Å²) >= 11 is 0. The van der Waals surface area contributed by atoms with Crippen LogP contribution in [-0.2, 0) is 6.54 Å². The van der Waals surface area contributed by atoms with Crippen LogP contribution in [0.3, 0.4) is 0 Å². The first-order valence-corrected chi connectivity index (χ1v) is 6.94. The fraction of sp³-hybridized carbons (Fsp3) is 0.167. The van der Waals surface area contributed by atoms with Gasteiger partial charge in [0.25, 0.3) is 0 Å². The summed E-state index contributed by atoms with van der Waals surface area (Å²) in [6, 6.07) is 15.5. The molecule has 0 bridgehead atoms. The van der Waals surface area contributed by atoms with Crippen LogP contribution in [0.1, 0.15) is 27.2 Å². The van der Waals surface area contributed by atoms with Gasteiger partial charge in [-0.3, -0.25) is 0 Å². The van der Waals surface area contributed by atoms with E-state index in [0.29, 0.717) is 5.56 Å². The van der Waals surface area contributed by atoms with E-state index in [1.54, 1.807) is 12.1 Å². The molecule has 0 unspecified atom stereocenters. The number of para-hydroxylation sites is 1. The molecule has 0 atom stereocenters. The maximum absolute atomic E-state index is 10.9. The predicted octanol–water partition coefficient (Wildman–Crippen LogP) is 4.00. The van der Waals surface area contributed by atoms with E-state index in [-0.39, 0.29) is 0 Å². The number of carbonyl (C=O) groups is 1. The number of benzene rings is 2. The van der Waals surface area contributed by atoms with Crippen LogP contribution in [0.4, 0.5) is 0 Å². The Morgan fingerprint density at radius 1 is 1.05 bits per heavy atom. The Labute approximate surface area is 123 Å². The van der Waals surface area contributed by atoms with Gasteiger partial charge in [0.15, 0.2) is 0 Å². The van der Waals surface area contributed by atoms with Crippen LogP contribution in [-0.4, -0.2) is 15.6 Å². The van der Waals surface area contributed by atoms with Crippen molar-refractivity contribution in [3.63, 3.8) is 0 Å². The average Bonchev–Trinajstić information content (AvgIpc) is 2.73. The third kappa shape index (κ3) is 2.31. The maximum Gasteiger partial charge on any atom is 0.335 e. The van der Waals surface area contributed by atoms with Gasteiger partial charge in [0.05, 0.1) is 5.56 Å². The second-order valence-corrected chi connectivity index (χ2v) is 5.32. The zero-order chi connectivity index (χ0) is 15.0. The van der Waals surface area contributed by atoms with Crippen LogP contribution in [0.5, 0.6) is 0 Å². The minimum atomic E-state index is -0.889. The minimum absolute atomic E-state index is 0.323. The van der Waals surface area contributed by atoms with Gasteiger partial charge >= 0.3 is 5.97 Å². The molecule has 0 aliphatic rings.